The van der Waals surface area contributed by atoms with Crippen molar-refractivity contribution in [3.8, 4) is 17.0 Å². The van der Waals surface area contributed by atoms with E-state index in [9.17, 15) is 4.39 Å². The maximum atomic E-state index is 13.2. The normalized spacial score (nSPS) is 10.1. The summed E-state index contributed by atoms with van der Waals surface area (Å²) in [5.74, 6) is 0.303. The van der Waals surface area contributed by atoms with Crippen LogP contribution in [0, 0.1) is 10.3 Å². The van der Waals surface area contributed by atoms with Crippen LogP contribution in [-0.4, -0.2) is 12.1 Å². The molecule has 0 aliphatic rings. The van der Waals surface area contributed by atoms with Crippen molar-refractivity contribution in [3.05, 3.63) is 46.9 Å². The van der Waals surface area contributed by atoms with E-state index in [2.05, 4.69) is 4.98 Å². The lowest BCUT2D eigenvalue weighted by molar-refractivity contribution is 0.415. The van der Waals surface area contributed by atoms with Gasteiger partial charge in [0.25, 0.3) is 0 Å². The molecule has 1 heterocycles. The highest BCUT2D eigenvalue weighted by molar-refractivity contribution is 7.71. The van der Waals surface area contributed by atoms with Gasteiger partial charge in [-0.1, -0.05) is 12.2 Å². The van der Waals surface area contributed by atoms with Crippen LogP contribution in [0.3, 0.4) is 0 Å². The summed E-state index contributed by atoms with van der Waals surface area (Å²) in [6, 6.07) is 7.91. The molecule has 0 fully saturated rings. The highest BCUT2D eigenvalue weighted by atomic mass is 32.1. The molecule has 0 atom stereocenters. The topological polar surface area (TPSA) is 25.0 Å². The number of nitrogens with one attached hydrogen (secondary N) is 1. The van der Waals surface area contributed by atoms with Crippen LogP contribution < -0.4 is 4.74 Å². The molecule has 0 aliphatic heterocycles. The molecule has 1 aromatic heterocycles. The Morgan fingerprint density at radius 2 is 2.06 bits per heavy atom. The van der Waals surface area contributed by atoms with Crippen LogP contribution in [0.5, 0.6) is 5.75 Å². The monoisotopic (exact) mass is 235 g/mol. The summed E-state index contributed by atoms with van der Waals surface area (Å²) in [6.07, 6.45) is 1.72. The lowest BCUT2D eigenvalue weighted by Crippen LogP contribution is -1.91. The number of methoxy groups -OCH3 is 1. The molecule has 0 saturated heterocycles. The fourth-order valence-electron chi connectivity index (χ4n) is 1.49. The Hall–Kier alpha value is -1.68. The number of aromatic amines is 1. The molecule has 0 radical (unpaired) electrons. The van der Waals surface area contributed by atoms with Gasteiger partial charge in [-0.25, -0.2) is 4.39 Å². The van der Waals surface area contributed by atoms with Crippen molar-refractivity contribution < 1.29 is 9.13 Å². The van der Waals surface area contributed by atoms with Gasteiger partial charge in [-0.2, -0.15) is 0 Å². The number of hydrogen-bond acceptors (Lipinski definition) is 2. The first-order valence-corrected chi connectivity index (χ1v) is 5.14. The van der Waals surface area contributed by atoms with Gasteiger partial charge in [0.1, 0.15) is 11.6 Å². The summed E-state index contributed by atoms with van der Waals surface area (Å²) < 4.78 is 19.0. The Balaban J connectivity index is 2.62. The Morgan fingerprint density at radius 3 is 2.75 bits per heavy atom. The van der Waals surface area contributed by atoms with E-state index < -0.39 is 0 Å². The summed E-state index contributed by atoms with van der Waals surface area (Å²) in [7, 11) is 1.55. The van der Waals surface area contributed by atoms with Crippen LogP contribution >= 0.6 is 12.2 Å². The van der Waals surface area contributed by atoms with E-state index in [0.29, 0.717) is 15.8 Å². The van der Waals surface area contributed by atoms with Gasteiger partial charge >= 0.3 is 0 Å². The Labute approximate surface area is 97.7 Å². The molecule has 0 saturated carbocycles. The van der Waals surface area contributed by atoms with E-state index in [0.717, 1.165) is 5.69 Å². The van der Waals surface area contributed by atoms with Gasteiger partial charge in [0.05, 0.1) is 12.8 Å². The molecule has 2 aromatic rings. The smallest absolute Gasteiger partial charge is 0.128 e. The molecule has 2 nitrogen and oxygen atoms in total. The zero-order valence-corrected chi connectivity index (χ0v) is 9.48. The minimum atomic E-state index is -0.307. The van der Waals surface area contributed by atoms with Crippen LogP contribution in [0.1, 0.15) is 0 Å². The highest BCUT2D eigenvalue weighted by Crippen LogP contribution is 2.28. The lowest BCUT2D eigenvalue weighted by Gasteiger charge is -2.08. The third-order valence-electron chi connectivity index (χ3n) is 2.22. The number of pyridine rings is 1. The zero-order chi connectivity index (χ0) is 11.5. The maximum absolute atomic E-state index is 13.2. The quantitative estimate of drug-likeness (QED) is 0.805. The van der Waals surface area contributed by atoms with Crippen molar-refractivity contribution in [3.63, 3.8) is 0 Å². The molecular formula is C12H10FNOS. The molecule has 0 unspecified atom stereocenters. The van der Waals surface area contributed by atoms with Gasteiger partial charge in [-0.15, -0.1) is 0 Å². The van der Waals surface area contributed by atoms with Crippen molar-refractivity contribution in [2.75, 3.05) is 7.11 Å². The SMILES string of the molecule is COc1ccc(F)cc1-c1cc(=S)cc[nH]1. The second kappa shape index (κ2) is 4.45. The number of benzene rings is 1. The first kappa shape index (κ1) is 10.8. The first-order valence-electron chi connectivity index (χ1n) is 4.73. The van der Waals surface area contributed by atoms with E-state index in [1.807, 2.05) is 0 Å². The minimum Gasteiger partial charge on any atom is -0.496 e. The summed E-state index contributed by atoms with van der Waals surface area (Å²) in [5, 5.41) is 0. The number of rotatable bonds is 2. The minimum absolute atomic E-state index is 0.307. The van der Waals surface area contributed by atoms with Crippen LogP contribution in [0.2, 0.25) is 0 Å². The number of H-pyrrole nitrogens is 1. The van der Waals surface area contributed by atoms with E-state index in [1.54, 1.807) is 31.5 Å². The highest BCUT2D eigenvalue weighted by Gasteiger charge is 2.07. The van der Waals surface area contributed by atoms with Crippen LogP contribution in [-0.2, 0) is 0 Å². The van der Waals surface area contributed by atoms with Crippen LogP contribution in [0.15, 0.2) is 36.5 Å². The molecule has 0 bridgehead atoms. The number of aromatic nitrogens is 1. The van der Waals surface area contributed by atoms with Crippen molar-refractivity contribution in [1.82, 2.24) is 4.98 Å². The largest absolute Gasteiger partial charge is 0.496 e. The van der Waals surface area contributed by atoms with Crippen LogP contribution in [0.25, 0.3) is 11.3 Å². The number of halogens is 1. The fourth-order valence-corrected chi connectivity index (χ4v) is 1.68. The zero-order valence-electron chi connectivity index (χ0n) is 8.66. The van der Waals surface area contributed by atoms with Gasteiger partial charge < -0.3 is 9.72 Å². The standard InChI is InChI=1S/C12H10FNOS/c1-15-12-3-2-8(13)6-10(12)11-7-9(16)4-5-14-11/h2-7H,1H3,(H,14,16). The Kier molecular flexibility index (Phi) is 3.01. The van der Waals surface area contributed by atoms with Gasteiger partial charge in [-0.3, -0.25) is 0 Å². The summed E-state index contributed by atoms with van der Waals surface area (Å²) in [4.78, 5) is 3.01. The van der Waals surface area contributed by atoms with Gasteiger partial charge in [0.15, 0.2) is 0 Å². The molecule has 0 spiro atoms. The van der Waals surface area contributed by atoms with E-state index in [1.165, 1.54) is 12.1 Å². The van der Waals surface area contributed by atoms with Crippen molar-refractivity contribution >= 4 is 12.2 Å². The molecule has 2 rings (SSSR count). The summed E-state index contributed by atoms with van der Waals surface area (Å²) in [5.41, 5.74) is 1.40. The summed E-state index contributed by atoms with van der Waals surface area (Å²) in [6.45, 7) is 0. The fraction of sp³-hybridized carbons (Fsp3) is 0.0833. The molecule has 4 heteroatoms. The molecule has 82 valence electrons. The van der Waals surface area contributed by atoms with Gasteiger partial charge in [0, 0.05) is 16.3 Å². The van der Waals surface area contributed by atoms with Crippen molar-refractivity contribution in [1.29, 1.82) is 0 Å². The first-order chi connectivity index (χ1) is 7.70. The van der Waals surface area contributed by atoms with Crippen molar-refractivity contribution in [2.45, 2.75) is 0 Å². The van der Waals surface area contributed by atoms with E-state index in [-0.39, 0.29) is 5.82 Å². The molecule has 0 aliphatic carbocycles. The Morgan fingerprint density at radius 1 is 1.25 bits per heavy atom. The average molecular weight is 235 g/mol. The molecular weight excluding hydrogens is 225 g/mol. The predicted molar refractivity (Wildman–Crippen MR) is 63.6 cm³/mol. The molecule has 16 heavy (non-hydrogen) atoms. The molecule has 1 aromatic carbocycles. The molecule has 1 N–H and O–H groups in total. The predicted octanol–water partition coefficient (Wildman–Crippen LogP) is 3.56. The average Bonchev–Trinajstić information content (AvgIpc) is 2.29. The van der Waals surface area contributed by atoms with Gasteiger partial charge in [0.2, 0.25) is 0 Å². The molecule has 0 amide bonds. The Bertz CT molecular complexity index is 565. The van der Waals surface area contributed by atoms with Gasteiger partial charge in [-0.05, 0) is 30.3 Å². The lowest BCUT2D eigenvalue weighted by atomic mass is 10.1. The number of ether oxygens (including phenoxy) is 1. The third kappa shape index (κ3) is 2.12. The van der Waals surface area contributed by atoms with E-state index in [4.69, 9.17) is 17.0 Å². The van der Waals surface area contributed by atoms with Crippen molar-refractivity contribution in [2.24, 2.45) is 0 Å². The third-order valence-corrected chi connectivity index (χ3v) is 2.48. The maximum Gasteiger partial charge on any atom is 0.128 e. The number of hydrogen-bond donors (Lipinski definition) is 1. The van der Waals surface area contributed by atoms with Crippen LogP contribution in [0.4, 0.5) is 4.39 Å². The summed E-state index contributed by atoms with van der Waals surface area (Å²) >= 11 is 5.06. The second-order valence-electron chi connectivity index (χ2n) is 3.28. The second-order valence-corrected chi connectivity index (χ2v) is 3.75. The van der Waals surface area contributed by atoms with E-state index >= 15 is 0 Å².